The molecule has 2 rings (SSSR count). The van der Waals surface area contributed by atoms with Crippen LogP contribution in [0.4, 0.5) is 0 Å². The highest BCUT2D eigenvalue weighted by molar-refractivity contribution is 7.86. The van der Waals surface area contributed by atoms with Crippen LogP contribution in [0.25, 0.3) is 0 Å². The van der Waals surface area contributed by atoms with Gasteiger partial charge in [-0.15, -0.1) is 0 Å². The molecular weight excluding hydrogens is 196 g/mol. The molecule has 1 N–H and O–H groups in total. The largest absolute Gasteiger partial charge is 0.353 e. The van der Waals surface area contributed by atoms with Gasteiger partial charge in [0.25, 0.3) is 10.1 Å². The first-order valence-corrected chi connectivity index (χ1v) is 5.73. The zero-order valence-electron chi connectivity index (χ0n) is 7.05. The van der Waals surface area contributed by atoms with Crippen LogP contribution in [0.2, 0.25) is 0 Å². The third-order valence-corrected chi connectivity index (χ3v) is 3.84. The second-order valence-electron chi connectivity index (χ2n) is 3.56. The normalized spacial score (nSPS) is 39.3. The molecule has 1 heterocycles. The fourth-order valence-electron chi connectivity index (χ4n) is 1.68. The molecule has 0 amide bonds. The Bertz CT molecular complexity index is 279. The Morgan fingerprint density at radius 2 is 2.23 bits per heavy atom. The third-order valence-electron chi connectivity index (χ3n) is 2.50. The van der Waals surface area contributed by atoms with Crippen LogP contribution in [0.15, 0.2) is 0 Å². The second kappa shape index (κ2) is 3.20. The van der Waals surface area contributed by atoms with Gasteiger partial charge in [0.15, 0.2) is 0 Å². The minimum absolute atomic E-state index is 0.0109. The number of hydrogen-bond donors (Lipinski definition) is 1. The molecule has 2 fully saturated rings. The molecule has 0 spiro atoms. The van der Waals surface area contributed by atoms with E-state index in [1.165, 1.54) is 0 Å². The van der Waals surface area contributed by atoms with Gasteiger partial charge >= 0.3 is 0 Å². The summed E-state index contributed by atoms with van der Waals surface area (Å²) in [4.78, 5) is 0. The summed E-state index contributed by atoms with van der Waals surface area (Å²) in [5.41, 5.74) is 0. The molecule has 1 saturated carbocycles. The first-order chi connectivity index (χ1) is 6.07. The summed E-state index contributed by atoms with van der Waals surface area (Å²) in [5.74, 6) is 0.0571. The maximum atomic E-state index is 10.7. The molecule has 1 aliphatic heterocycles. The fraction of sp³-hybridized carbons (Fsp3) is 1.00. The van der Waals surface area contributed by atoms with Crippen LogP contribution < -0.4 is 0 Å². The van der Waals surface area contributed by atoms with Crippen LogP contribution in [-0.2, 0) is 19.6 Å². The Morgan fingerprint density at radius 1 is 1.46 bits per heavy atom. The molecule has 0 bridgehead atoms. The number of hydrogen-bond acceptors (Lipinski definition) is 4. The van der Waals surface area contributed by atoms with Gasteiger partial charge in [0, 0.05) is 0 Å². The summed E-state index contributed by atoms with van der Waals surface area (Å²) in [6.07, 6.45) is 1.24. The van der Waals surface area contributed by atoms with Crippen molar-refractivity contribution in [2.45, 2.75) is 24.2 Å². The first-order valence-electron chi connectivity index (χ1n) is 4.23. The van der Waals surface area contributed by atoms with E-state index in [4.69, 9.17) is 14.0 Å². The maximum Gasteiger partial charge on any atom is 0.268 e. The zero-order valence-corrected chi connectivity index (χ0v) is 7.87. The van der Waals surface area contributed by atoms with Crippen molar-refractivity contribution in [3.63, 3.8) is 0 Å². The molecule has 0 radical (unpaired) electrons. The molecule has 3 unspecified atom stereocenters. The van der Waals surface area contributed by atoms with E-state index in [0.717, 1.165) is 0 Å². The molecule has 2 aliphatic rings. The predicted octanol–water partition coefficient (Wildman–Crippen LogP) is 0.0257. The SMILES string of the molecule is O=S(=O)(O)C1CC1CC1COCO1. The van der Waals surface area contributed by atoms with Crippen molar-refractivity contribution >= 4 is 10.1 Å². The lowest BCUT2D eigenvalue weighted by atomic mass is 10.2. The molecule has 5 nitrogen and oxygen atoms in total. The van der Waals surface area contributed by atoms with Crippen molar-refractivity contribution in [2.24, 2.45) is 5.92 Å². The summed E-state index contributed by atoms with van der Waals surface area (Å²) in [7, 11) is -3.82. The van der Waals surface area contributed by atoms with Crippen LogP contribution in [0.3, 0.4) is 0 Å². The van der Waals surface area contributed by atoms with Gasteiger partial charge in [-0.1, -0.05) is 0 Å². The molecule has 0 aromatic carbocycles. The fourth-order valence-corrected chi connectivity index (χ4v) is 2.77. The second-order valence-corrected chi connectivity index (χ2v) is 5.20. The number of ether oxygens (including phenoxy) is 2. The summed E-state index contributed by atoms with van der Waals surface area (Å²) in [5, 5.41) is -0.559. The van der Waals surface area contributed by atoms with Gasteiger partial charge in [-0.05, 0) is 18.8 Å². The Kier molecular flexibility index (Phi) is 2.31. The Balaban J connectivity index is 1.80. The summed E-state index contributed by atoms with van der Waals surface area (Å²) in [6.45, 7) is 0.836. The Hall–Kier alpha value is -0.170. The van der Waals surface area contributed by atoms with E-state index in [1.807, 2.05) is 0 Å². The van der Waals surface area contributed by atoms with Crippen LogP contribution in [-0.4, -0.2) is 37.7 Å². The topological polar surface area (TPSA) is 72.8 Å². The highest BCUT2D eigenvalue weighted by atomic mass is 32.2. The molecule has 6 heteroatoms. The van der Waals surface area contributed by atoms with Gasteiger partial charge in [-0.25, -0.2) is 0 Å². The molecule has 3 atom stereocenters. The Morgan fingerprint density at radius 3 is 2.69 bits per heavy atom. The molecule has 0 aromatic rings. The predicted molar refractivity (Wildman–Crippen MR) is 43.8 cm³/mol. The lowest BCUT2D eigenvalue weighted by Gasteiger charge is -2.04. The summed E-state index contributed by atoms with van der Waals surface area (Å²) in [6, 6.07) is 0. The van der Waals surface area contributed by atoms with Crippen molar-refractivity contribution < 1.29 is 22.4 Å². The van der Waals surface area contributed by atoms with E-state index in [-0.39, 0.29) is 12.0 Å². The van der Waals surface area contributed by atoms with E-state index in [1.54, 1.807) is 0 Å². The van der Waals surface area contributed by atoms with Gasteiger partial charge in [-0.2, -0.15) is 8.42 Å². The van der Waals surface area contributed by atoms with Gasteiger partial charge < -0.3 is 9.47 Å². The monoisotopic (exact) mass is 208 g/mol. The maximum absolute atomic E-state index is 10.7. The average molecular weight is 208 g/mol. The summed E-state index contributed by atoms with van der Waals surface area (Å²) >= 11 is 0. The van der Waals surface area contributed by atoms with Gasteiger partial charge in [0.1, 0.15) is 6.79 Å². The van der Waals surface area contributed by atoms with Crippen LogP contribution >= 0.6 is 0 Å². The molecular formula is C7H12O5S. The smallest absolute Gasteiger partial charge is 0.268 e. The third kappa shape index (κ3) is 2.19. The van der Waals surface area contributed by atoms with Gasteiger partial charge in [0.2, 0.25) is 0 Å². The lowest BCUT2D eigenvalue weighted by Crippen LogP contribution is -2.13. The Labute approximate surface area is 76.8 Å². The molecule has 0 aromatic heterocycles. The highest BCUT2D eigenvalue weighted by Crippen LogP contribution is 2.40. The highest BCUT2D eigenvalue weighted by Gasteiger charge is 2.47. The van der Waals surface area contributed by atoms with E-state index in [2.05, 4.69) is 0 Å². The van der Waals surface area contributed by atoms with Crippen LogP contribution in [0, 0.1) is 5.92 Å². The zero-order chi connectivity index (χ0) is 9.47. The quantitative estimate of drug-likeness (QED) is 0.662. The summed E-state index contributed by atoms with van der Waals surface area (Å²) < 4.78 is 40.2. The minimum atomic E-state index is -3.82. The van der Waals surface area contributed by atoms with Crippen molar-refractivity contribution in [3.8, 4) is 0 Å². The lowest BCUT2D eigenvalue weighted by molar-refractivity contribution is 0.0432. The van der Waals surface area contributed by atoms with E-state index < -0.39 is 15.4 Å². The molecule has 1 saturated heterocycles. The molecule has 76 valence electrons. The van der Waals surface area contributed by atoms with Gasteiger partial charge in [0.05, 0.1) is 18.0 Å². The number of rotatable bonds is 3. The van der Waals surface area contributed by atoms with E-state index >= 15 is 0 Å². The minimum Gasteiger partial charge on any atom is -0.353 e. The van der Waals surface area contributed by atoms with E-state index in [0.29, 0.717) is 26.2 Å². The average Bonchev–Trinajstić information content (AvgIpc) is 2.57. The van der Waals surface area contributed by atoms with Crippen molar-refractivity contribution in [2.75, 3.05) is 13.4 Å². The van der Waals surface area contributed by atoms with Crippen LogP contribution in [0.1, 0.15) is 12.8 Å². The van der Waals surface area contributed by atoms with Crippen molar-refractivity contribution in [1.82, 2.24) is 0 Å². The van der Waals surface area contributed by atoms with Crippen molar-refractivity contribution in [3.05, 3.63) is 0 Å². The van der Waals surface area contributed by atoms with Crippen molar-refractivity contribution in [1.29, 1.82) is 0 Å². The first kappa shape index (κ1) is 9.39. The standard InChI is InChI=1S/C7H12O5S/c8-13(9,10)7-2-5(7)1-6-3-11-4-12-6/h5-7H,1-4H2,(H,8,9,10). The van der Waals surface area contributed by atoms with E-state index in [9.17, 15) is 8.42 Å². The molecule has 1 aliphatic carbocycles. The molecule has 13 heavy (non-hydrogen) atoms. The van der Waals surface area contributed by atoms with Crippen LogP contribution in [0.5, 0.6) is 0 Å². The van der Waals surface area contributed by atoms with Gasteiger partial charge in [-0.3, -0.25) is 4.55 Å².